The van der Waals surface area contributed by atoms with E-state index < -0.39 is 10.0 Å². The van der Waals surface area contributed by atoms with Crippen molar-refractivity contribution >= 4 is 10.0 Å². The molecule has 1 aliphatic rings. The van der Waals surface area contributed by atoms with Crippen molar-refractivity contribution in [3.05, 3.63) is 30.3 Å². The van der Waals surface area contributed by atoms with Crippen molar-refractivity contribution in [2.45, 2.75) is 17.4 Å². The number of likely N-dealkylation sites (N-methyl/N-ethyl adjacent to an activating group) is 1. The van der Waals surface area contributed by atoms with Crippen molar-refractivity contribution in [3.8, 4) is 6.19 Å². The molecule has 1 unspecified atom stereocenters. The Morgan fingerprint density at radius 1 is 1.39 bits per heavy atom. The maximum Gasteiger partial charge on any atom is 0.243 e. The smallest absolute Gasteiger partial charge is 0.243 e. The standard InChI is InChI=1S/C12H15N3O2S/c1-14(11-7-8-15(9-11)10-13)18(16,17)12-5-3-2-4-6-12/h2-6,11H,7-9H2,1H3. The average molecular weight is 265 g/mol. The number of benzene rings is 1. The number of sulfonamides is 1. The van der Waals surface area contributed by atoms with Crippen LogP contribution in [0.5, 0.6) is 0 Å². The normalized spacial score (nSPS) is 20.1. The van der Waals surface area contributed by atoms with E-state index in [-0.39, 0.29) is 6.04 Å². The summed E-state index contributed by atoms with van der Waals surface area (Å²) in [4.78, 5) is 1.88. The molecule has 1 fully saturated rings. The molecule has 0 amide bonds. The van der Waals surface area contributed by atoms with Crippen LogP contribution >= 0.6 is 0 Å². The van der Waals surface area contributed by atoms with E-state index >= 15 is 0 Å². The summed E-state index contributed by atoms with van der Waals surface area (Å²) < 4.78 is 26.1. The maximum absolute atomic E-state index is 12.3. The molecule has 0 bridgehead atoms. The van der Waals surface area contributed by atoms with Crippen molar-refractivity contribution in [1.29, 1.82) is 5.26 Å². The van der Waals surface area contributed by atoms with Gasteiger partial charge in [-0.2, -0.15) is 9.57 Å². The summed E-state index contributed by atoms with van der Waals surface area (Å²) in [6.07, 6.45) is 2.74. The summed E-state index contributed by atoms with van der Waals surface area (Å²) in [6, 6.07) is 8.24. The third-order valence-corrected chi connectivity index (χ3v) is 5.16. The molecule has 1 heterocycles. The molecule has 5 nitrogen and oxygen atoms in total. The highest BCUT2D eigenvalue weighted by Gasteiger charge is 2.32. The Balaban J connectivity index is 2.19. The van der Waals surface area contributed by atoms with Crippen LogP contribution in [-0.4, -0.2) is 43.8 Å². The number of hydrogen-bond acceptors (Lipinski definition) is 4. The molecule has 0 radical (unpaired) electrons. The maximum atomic E-state index is 12.3. The van der Waals surface area contributed by atoms with Gasteiger partial charge in [0.15, 0.2) is 6.19 Å². The van der Waals surface area contributed by atoms with Crippen LogP contribution in [0.15, 0.2) is 35.2 Å². The second-order valence-electron chi connectivity index (χ2n) is 4.32. The predicted molar refractivity (Wildman–Crippen MR) is 67.0 cm³/mol. The fourth-order valence-corrected chi connectivity index (χ4v) is 3.48. The van der Waals surface area contributed by atoms with Crippen molar-refractivity contribution in [3.63, 3.8) is 0 Å². The van der Waals surface area contributed by atoms with Crippen LogP contribution < -0.4 is 0 Å². The summed E-state index contributed by atoms with van der Waals surface area (Å²) in [6.45, 7) is 1.09. The SMILES string of the molecule is CN(C1CCN(C#N)C1)S(=O)(=O)c1ccccc1. The fraction of sp³-hybridized carbons (Fsp3) is 0.417. The van der Waals surface area contributed by atoms with Gasteiger partial charge in [-0.25, -0.2) is 8.42 Å². The zero-order valence-electron chi connectivity index (χ0n) is 10.2. The zero-order chi connectivity index (χ0) is 13.2. The summed E-state index contributed by atoms with van der Waals surface area (Å²) in [5, 5.41) is 8.79. The Labute approximate surface area is 107 Å². The molecule has 1 aromatic carbocycles. The first-order chi connectivity index (χ1) is 8.55. The predicted octanol–water partition coefficient (Wildman–Crippen LogP) is 0.862. The van der Waals surface area contributed by atoms with E-state index in [1.54, 1.807) is 42.3 Å². The zero-order valence-corrected chi connectivity index (χ0v) is 11.0. The monoisotopic (exact) mass is 265 g/mol. The van der Waals surface area contributed by atoms with Crippen molar-refractivity contribution in [2.75, 3.05) is 20.1 Å². The first-order valence-electron chi connectivity index (χ1n) is 5.73. The highest BCUT2D eigenvalue weighted by molar-refractivity contribution is 7.89. The van der Waals surface area contributed by atoms with Gasteiger partial charge in [0.2, 0.25) is 10.0 Å². The fourth-order valence-electron chi connectivity index (χ4n) is 2.08. The van der Waals surface area contributed by atoms with E-state index in [0.29, 0.717) is 24.4 Å². The number of hydrogen-bond donors (Lipinski definition) is 0. The van der Waals surface area contributed by atoms with Crippen LogP contribution in [0.25, 0.3) is 0 Å². The van der Waals surface area contributed by atoms with Crippen LogP contribution in [0.2, 0.25) is 0 Å². The van der Waals surface area contributed by atoms with Crippen LogP contribution in [0, 0.1) is 11.5 Å². The highest BCUT2D eigenvalue weighted by atomic mass is 32.2. The Hall–Kier alpha value is -1.58. The van der Waals surface area contributed by atoms with Gasteiger partial charge in [0.25, 0.3) is 0 Å². The minimum absolute atomic E-state index is 0.130. The van der Waals surface area contributed by atoms with E-state index in [9.17, 15) is 8.42 Å². The van der Waals surface area contributed by atoms with Crippen LogP contribution in [0.1, 0.15) is 6.42 Å². The summed E-state index contributed by atoms with van der Waals surface area (Å²) in [5.41, 5.74) is 0. The molecule has 6 heteroatoms. The highest BCUT2D eigenvalue weighted by Crippen LogP contribution is 2.21. The number of nitriles is 1. The summed E-state index contributed by atoms with van der Waals surface area (Å²) >= 11 is 0. The first kappa shape index (κ1) is 12.9. The van der Waals surface area contributed by atoms with Crippen molar-refractivity contribution in [2.24, 2.45) is 0 Å². The Kier molecular flexibility index (Phi) is 3.55. The second kappa shape index (κ2) is 4.96. The van der Waals surface area contributed by atoms with Gasteiger partial charge >= 0.3 is 0 Å². The molecule has 0 N–H and O–H groups in total. The summed E-state index contributed by atoms with van der Waals surface area (Å²) in [5.74, 6) is 0. The molecular weight excluding hydrogens is 250 g/mol. The lowest BCUT2D eigenvalue weighted by molar-refractivity contribution is 0.365. The van der Waals surface area contributed by atoms with Gasteiger partial charge in [-0.05, 0) is 18.6 Å². The quantitative estimate of drug-likeness (QED) is 0.760. The number of likely N-dealkylation sites (tertiary alicyclic amines) is 1. The minimum atomic E-state index is -3.46. The molecule has 0 saturated carbocycles. The van der Waals surface area contributed by atoms with Gasteiger partial charge < -0.3 is 4.90 Å². The van der Waals surface area contributed by atoms with Gasteiger partial charge in [-0.1, -0.05) is 18.2 Å². The molecule has 1 aliphatic heterocycles. The molecule has 1 atom stereocenters. The molecule has 96 valence electrons. The van der Waals surface area contributed by atoms with Crippen molar-refractivity contribution in [1.82, 2.24) is 9.21 Å². The van der Waals surface area contributed by atoms with E-state index in [1.807, 2.05) is 0 Å². The third-order valence-electron chi connectivity index (χ3n) is 3.24. The minimum Gasteiger partial charge on any atom is -0.309 e. The molecule has 18 heavy (non-hydrogen) atoms. The van der Waals surface area contributed by atoms with Gasteiger partial charge in [-0.3, -0.25) is 0 Å². The first-order valence-corrected chi connectivity index (χ1v) is 7.17. The van der Waals surface area contributed by atoms with Crippen LogP contribution in [0.3, 0.4) is 0 Å². The second-order valence-corrected chi connectivity index (χ2v) is 6.32. The van der Waals surface area contributed by atoms with Gasteiger partial charge in [0, 0.05) is 26.2 Å². The number of rotatable bonds is 3. The molecule has 0 aliphatic carbocycles. The van der Waals surface area contributed by atoms with E-state index in [2.05, 4.69) is 6.19 Å². The van der Waals surface area contributed by atoms with E-state index in [0.717, 1.165) is 0 Å². The van der Waals surface area contributed by atoms with Gasteiger partial charge in [-0.15, -0.1) is 0 Å². The lowest BCUT2D eigenvalue weighted by atomic mass is 10.3. The van der Waals surface area contributed by atoms with Crippen LogP contribution in [-0.2, 0) is 10.0 Å². The average Bonchev–Trinajstić information content (AvgIpc) is 2.87. The largest absolute Gasteiger partial charge is 0.309 e. The molecule has 0 spiro atoms. The van der Waals surface area contributed by atoms with E-state index in [4.69, 9.17) is 5.26 Å². The summed E-state index contributed by atoms with van der Waals surface area (Å²) in [7, 11) is -1.88. The molecule has 1 saturated heterocycles. The van der Waals surface area contributed by atoms with Gasteiger partial charge in [0.1, 0.15) is 0 Å². The third kappa shape index (κ3) is 2.33. The lowest BCUT2D eigenvalue weighted by Gasteiger charge is -2.23. The Bertz CT molecular complexity index is 550. The lowest BCUT2D eigenvalue weighted by Crippen LogP contribution is -2.38. The Morgan fingerprint density at radius 3 is 2.61 bits per heavy atom. The Morgan fingerprint density at radius 2 is 2.06 bits per heavy atom. The topological polar surface area (TPSA) is 64.4 Å². The molecule has 1 aromatic rings. The van der Waals surface area contributed by atoms with Gasteiger partial charge in [0.05, 0.1) is 4.90 Å². The van der Waals surface area contributed by atoms with Crippen LogP contribution in [0.4, 0.5) is 0 Å². The molecule has 2 rings (SSSR count). The number of nitrogens with zero attached hydrogens (tertiary/aromatic N) is 3. The molecular formula is C12H15N3O2S. The van der Waals surface area contributed by atoms with Crippen molar-refractivity contribution < 1.29 is 8.42 Å². The molecule has 0 aromatic heterocycles. The van der Waals surface area contributed by atoms with E-state index in [1.165, 1.54) is 4.31 Å².